The van der Waals surface area contributed by atoms with E-state index in [2.05, 4.69) is 0 Å². The number of aliphatic carboxylic acids is 1. The van der Waals surface area contributed by atoms with Gasteiger partial charge in [-0.15, -0.1) is 0 Å². The summed E-state index contributed by atoms with van der Waals surface area (Å²) in [6.45, 7) is 0. The van der Waals surface area contributed by atoms with Gasteiger partial charge in [-0.1, -0.05) is 0 Å². The number of carbonyl (C=O) groups excluding carboxylic acids is 2. The molecule has 0 N–H and O–H groups in total. The van der Waals surface area contributed by atoms with E-state index in [-0.39, 0.29) is 18.2 Å². The average molecular weight is 263 g/mol. The van der Waals surface area contributed by atoms with Crippen LogP contribution in [0.3, 0.4) is 0 Å². The number of carboxylic acid groups (broad SMARTS) is 1. The van der Waals surface area contributed by atoms with Gasteiger partial charge in [0.2, 0.25) is 6.04 Å². The summed E-state index contributed by atoms with van der Waals surface area (Å²) >= 11 is 2.77. The van der Waals surface area contributed by atoms with Crippen molar-refractivity contribution in [2.75, 3.05) is 23.0 Å². The number of rotatable bonds is 6. The van der Waals surface area contributed by atoms with Crippen LogP contribution in [0.15, 0.2) is 0 Å². The van der Waals surface area contributed by atoms with Crippen molar-refractivity contribution in [3.05, 3.63) is 4.91 Å². The molecule has 7 heteroatoms. The van der Waals surface area contributed by atoms with Crippen molar-refractivity contribution < 1.29 is 19.5 Å². The zero-order chi connectivity index (χ0) is 12.0. The molecule has 1 unspecified atom stereocenters. The third kappa shape index (κ3) is 4.52. The number of hydrogen-bond donors (Lipinski definition) is 0. The normalized spacial score (nSPS) is 19.6. The maximum atomic E-state index is 11.5. The lowest BCUT2D eigenvalue weighted by Gasteiger charge is -2.00. The summed E-state index contributed by atoms with van der Waals surface area (Å²) in [5.41, 5.74) is 0. The molecule has 1 rings (SSSR count). The molecule has 0 aromatic heterocycles. The van der Waals surface area contributed by atoms with E-state index < -0.39 is 11.9 Å². The number of hydrogen-bond acceptors (Lipinski definition) is 6. The van der Waals surface area contributed by atoms with Gasteiger partial charge in [0.25, 0.3) is 0 Å². The van der Waals surface area contributed by atoms with E-state index >= 15 is 0 Å². The number of carboxylic acids is 1. The molecular formula is C9H13NO4S2. The van der Waals surface area contributed by atoms with Crippen molar-refractivity contribution in [3.63, 3.8) is 0 Å². The molecule has 0 spiro atoms. The van der Waals surface area contributed by atoms with Crippen molar-refractivity contribution in [2.24, 2.45) is 0 Å². The van der Waals surface area contributed by atoms with Gasteiger partial charge in [0.05, 0.1) is 22.9 Å². The monoisotopic (exact) mass is 263 g/mol. The molecule has 0 aromatic rings. The third-order valence-corrected chi connectivity index (χ3v) is 4.24. The first kappa shape index (κ1) is 13.5. The van der Waals surface area contributed by atoms with Gasteiger partial charge in [-0.3, -0.25) is 0 Å². The van der Waals surface area contributed by atoms with Gasteiger partial charge in [0, 0.05) is 28.6 Å². The molecule has 0 aliphatic carbocycles. The summed E-state index contributed by atoms with van der Waals surface area (Å²) in [5, 5.41) is 10.1. The Labute approximate surface area is 102 Å². The molecule has 16 heavy (non-hydrogen) atoms. The minimum Gasteiger partial charge on any atom is -0.549 e. The highest BCUT2D eigenvalue weighted by molar-refractivity contribution is 8.00. The Bertz CT molecular complexity index is 289. The smallest absolute Gasteiger partial charge is 0.434 e. The van der Waals surface area contributed by atoms with Crippen molar-refractivity contribution in [2.45, 2.75) is 18.9 Å². The van der Waals surface area contributed by atoms with Gasteiger partial charge in [-0.05, 0) is 0 Å². The molecule has 0 aromatic carbocycles. The molecule has 1 saturated heterocycles. The third-order valence-electron chi connectivity index (χ3n) is 2.16. The number of nitroso groups, excluding NO2 is 1. The molecule has 1 aliphatic heterocycles. The molecule has 1 atom stereocenters. The minimum absolute atomic E-state index is 0.0998. The van der Waals surface area contributed by atoms with Crippen molar-refractivity contribution in [3.8, 4) is 0 Å². The van der Waals surface area contributed by atoms with Crippen LogP contribution in [0.1, 0.15) is 12.8 Å². The number of thioether (sulfide) groups is 2. The van der Waals surface area contributed by atoms with Crippen LogP contribution < -0.4 is 5.11 Å². The Hall–Kier alpha value is -0.560. The minimum atomic E-state index is -1.15. The molecule has 0 radical (unpaired) electrons. The summed E-state index contributed by atoms with van der Waals surface area (Å²) < 4.78 is 0.555. The maximum Gasteiger partial charge on any atom is 0.434 e. The summed E-state index contributed by atoms with van der Waals surface area (Å²) in [7, 11) is 0. The number of nitrogens with zero attached hydrogens (tertiary/aromatic N) is 1. The topological polar surface area (TPSA) is 77.3 Å². The van der Waals surface area contributed by atoms with Crippen molar-refractivity contribution >= 4 is 35.4 Å². The van der Waals surface area contributed by atoms with E-state index in [1.54, 1.807) is 11.8 Å². The van der Waals surface area contributed by atoms with Crippen LogP contribution in [0.2, 0.25) is 0 Å². The van der Waals surface area contributed by atoms with Gasteiger partial charge in [-0.2, -0.15) is 23.5 Å². The highest BCUT2D eigenvalue weighted by Gasteiger charge is 2.35. The van der Waals surface area contributed by atoms with E-state index in [1.807, 2.05) is 0 Å². The number of carbonyl (C=O) groups is 2. The second-order valence-electron chi connectivity index (χ2n) is 3.41. The predicted octanol–water partition coefficient (Wildman–Crippen LogP) is -0.329. The van der Waals surface area contributed by atoms with E-state index in [0.717, 1.165) is 23.9 Å². The van der Waals surface area contributed by atoms with Gasteiger partial charge >= 0.3 is 5.91 Å². The number of amides is 1. The lowest BCUT2D eigenvalue weighted by atomic mass is 10.2. The van der Waals surface area contributed by atoms with Crippen LogP contribution in [0.4, 0.5) is 0 Å². The lowest BCUT2D eigenvalue weighted by molar-refractivity contribution is -0.501. The largest absolute Gasteiger partial charge is 0.549 e. The standard InChI is InChI=1S/C9H13NO4S2/c11-8(2-4-16-6-9(12)13)10(14)7-1-3-15-5-7/h7H,1-6H2. The predicted molar refractivity (Wildman–Crippen MR) is 61.3 cm³/mol. The Morgan fingerprint density at radius 2 is 2.25 bits per heavy atom. The summed E-state index contributed by atoms with van der Waals surface area (Å²) in [4.78, 5) is 33.0. The van der Waals surface area contributed by atoms with E-state index in [4.69, 9.17) is 0 Å². The molecule has 1 fully saturated rings. The maximum absolute atomic E-state index is 11.5. The quantitative estimate of drug-likeness (QED) is 0.482. The molecule has 0 saturated carbocycles. The SMILES string of the molecule is O=C([O-])CSCCC(=O)[N+](=O)C1CCSC1. The highest BCUT2D eigenvalue weighted by Crippen LogP contribution is 2.20. The zero-order valence-corrected chi connectivity index (χ0v) is 10.3. The molecule has 0 bridgehead atoms. The Balaban J connectivity index is 2.18. The summed E-state index contributed by atoms with van der Waals surface area (Å²) in [6, 6.07) is -0.191. The van der Waals surface area contributed by atoms with E-state index in [1.165, 1.54) is 0 Å². The lowest BCUT2D eigenvalue weighted by Crippen LogP contribution is -2.30. The zero-order valence-electron chi connectivity index (χ0n) is 8.72. The fourth-order valence-corrected chi connectivity index (χ4v) is 3.15. The second kappa shape index (κ2) is 6.90. The molecule has 1 aliphatic rings. The van der Waals surface area contributed by atoms with Crippen LogP contribution >= 0.6 is 23.5 Å². The van der Waals surface area contributed by atoms with Gasteiger partial charge in [0.1, 0.15) is 0 Å². The van der Waals surface area contributed by atoms with Crippen molar-refractivity contribution in [1.29, 1.82) is 0 Å². The van der Waals surface area contributed by atoms with Crippen LogP contribution in [-0.4, -0.2) is 45.7 Å². The average Bonchev–Trinajstić information content (AvgIpc) is 2.76. The van der Waals surface area contributed by atoms with Crippen molar-refractivity contribution in [1.82, 2.24) is 0 Å². The molecule has 1 heterocycles. The molecule has 90 valence electrons. The Kier molecular flexibility index (Phi) is 5.83. The summed E-state index contributed by atoms with van der Waals surface area (Å²) in [5.74, 6) is 0.260. The van der Waals surface area contributed by atoms with Crippen LogP contribution in [0.25, 0.3) is 0 Å². The van der Waals surface area contributed by atoms with Gasteiger partial charge in [0.15, 0.2) is 0 Å². The first-order chi connectivity index (χ1) is 7.61. The van der Waals surface area contributed by atoms with Crippen LogP contribution in [0, 0.1) is 4.91 Å². The fraction of sp³-hybridized carbons (Fsp3) is 0.778. The Morgan fingerprint density at radius 3 is 2.81 bits per heavy atom. The molecular weight excluding hydrogens is 250 g/mol. The van der Waals surface area contributed by atoms with E-state index in [9.17, 15) is 19.6 Å². The first-order valence-electron chi connectivity index (χ1n) is 4.96. The van der Waals surface area contributed by atoms with E-state index in [0.29, 0.717) is 16.3 Å². The first-order valence-corrected chi connectivity index (χ1v) is 7.26. The Morgan fingerprint density at radius 1 is 1.50 bits per heavy atom. The van der Waals surface area contributed by atoms with Gasteiger partial charge in [-0.25, -0.2) is 4.79 Å². The second-order valence-corrected chi connectivity index (χ2v) is 5.67. The molecule has 5 nitrogen and oxygen atoms in total. The molecule has 1 amide bonds. The van der Waals surface area contributed by atoms with Crippen LogP contribution in [-0.2, 0) is 9.59 Å². The summed E-state index contributed by atoms with van der Waals surface area (Å²) in [6.07, 6.45) is 0.856. The van der Waals surface area contributed by atoms with Crippen LogP contribution in [0.5, 0.6) is 0 Å². The van der Waals surface area contributed by atoms with Gasteiger partial charge < -0.3 is 9.90 Å². The highest BCUT2D eigenvalue weighted by atomic mass is 32.2. The fourth-order valence-electron chi connectivity index (χ4n) is 1.34.